The molecule has 1 aromatic carbocycles. The molecule has 0 aliphatic rings. The number of aryl methyl sites for hydroxylation is 1. The quantitative estimate of drug-likeness (QED) is 0.432. The molecule has 0 heterocycles. The second-order valence-electron chi connectivity index (χ2n) is 5.50. The molecule has 0 atom stereocenters. The van der Waals surface area contributed by atoms with Crippen molar-refractivity contribution >= 4 is 11.3 Å². The molecule has 1 rings (SSSR count). The van der Waals surface area contributed by atoms with Crippen LogP contribution in [0.1, 0.15) is 45.2 Å². The zero-order valence-electron chi connectivity index (χ0n) is 15.2. The Labute approximate surface area is 140 Å². The Morgan fingerprint density at radius 1 is 1.17 bits per heavy atom. The summed E-state index contributed by atoms with van der Waals surface area (Å²) in [5.41, 5.74) is 12.9. The third kappa shape index (κ3) is 5.53. The van der Waals surface area contributed by atoms with E-state index < -0.39 is 0 Å². The predicted octanol–water partition coefficient (Wildman–Crippen LogP) is 4.78. The molecule has 0 saturated heterocycles. The number of nitrogens with one attached hydrogen (secondary N) is 2. The Hall–Kier alpha value is -2.13. The fourth-order valence-corrected chi connectivity index (χ4v) is 2.37. The van der Waals surface area contributed by atoms with Crippen LogP contribution in [-0.2, 0) is 0 Å². The van der Waals surface area contributed by atoms with Crippen molar-refractivity contribution < 1.29 is 0 Å². The van der Waals surface area contributed by atoms with E-state index in [0.29, 0.717) is 0 Å². The first-order valence-corrected chi connectivity index (χ1v) is 8.11. The largest absolute Gasteiger partial charge is 0.243 e. The van der Waals surface area contributed by atoms with Crippen molar-refractivity contribution in [2.24, 2.45) is 5.10 Å². The minimum absolute atomic E-state index is 0.968. The maximum atomic E-state index is 4.33. The molecule has 0 bridgehead atoms. The van der Waals surface area contributed by atoms with Gasteiger partial charge in [-0.3, -0.25) is 0 Å². The third-order valence-corrected chi connectivity index (χ3v) is 3.91. The fraction of sp³-hybridized carbons (Fsp3) is 0.350. The first-order chi connectivity index (χ1) is 11.0. The van der Waals surface area contributed by atoms with Crippen LogP contribution in [0.3, 0.4) is 0 Å². The molecule has 0 aromatic heterocycles. The minimum atomic E-state index is 0.968. The zero-order chi connectivity index (χ0) is 17.2. The molecule has 1 aromatic rings. The highest BCUT2D eigenvalue weighted by Gasteiger charge is 2.05. The molecule has 124 valence electrons. The first-order valence-electron chi connectivity index (χ1n) is 8.11. The molecule has 0 saturated carbocycles. The van der Waals surface area contributed by atoms with Crippen molar-refractivity contribution in [1.82, 2.24) is 11.0 Å². The summed E-state index contributed by atoms with van der Waals surface area (Å²) in [7, 11) is 1.80. The molecule has 2 N–H and O–H groups in total. The van der Waals surface area contributed by atoms with Gasteiger partial charge in [0.2, 0.25) is 0 Å². The van der Waals surface area contributed by atoms with E-state index in [-0.39, 0.29) is 0 Å². The van der Waals surface area contributed by atoms with Gasteiger partial charge in [0.1, 0.15) is 0 Å². The Morgan fingerprint density at radius 3 is 2.43 bits per heavy atom. The average molecular weight is 311 g/mol. The van der Waals surface area contributed by atoms with Crippen LogP contribution in [0, 0.1) is 6.92 Å². The summed E-state index contributed by atoms with van der Waals surface area (Å²) in [6, 6.07) is 8.46. The van der Waals surface area contributed by atoms with Gasteiger partial charge >= 0.3 is 0 Å². The van der Waals surface area contributed by atoms with Crippen LogP contribution in [0.25, 0.3) is 5.57 Å². The highest BCUT2D eigenvalue weighted by molar-refractivity contribution is 6.01. The van der Waals surface area contributed by atoms with E-state index in [9.17, 15) is 0 Å². The van der Waals surface area contributed by atoms with Gasteiger partial charge < -0.3 is 0 Å². The van der Waals surface area contributed by atoms with E-state index in [4.69, 9.17) is 0 Å². The van der Waals surface area contributed by atoms with E-state index in [1.54, 1.807) is 7.05 Å². The fourth-order valence-electron chi connectivity index (χ4n) is 2.37. The standard InChI is InChI=1S/C20H29N3/c1-7-15(3)19(17(5)22-23-21-6)14-13-18(8-2)20-12-10-9-11-16(20)4/h8-14,21,23H,7H2,1-6H3/b14-13-,18-8+,19-15+,22-17+. The van der Waals surface area contributed by atoms with E-state index >= 15 is 0 Å². The van der Waals surface area contributed by atoms with Crippen LogP contribution in [0.2, 0.25) is 0 Å². The smallest absolute Gasteiger partial charge is 0.0659 e. The van der Waals surface area contributed by atoms with Gasteiger partial charge in [-0.15, -0.1) is 0 Å². The molecule has 23 heavy (non-hydrogen) atoms. The summed E-state index contributed by atoms with van der Waals surface area (Å²) in [4.78, 5) is 0. The van der Waals surface area contributed by atoms with Gasteiger partial charge in [-0.1, -0.05) is 55.0 Å². The van der Waals surface area contributed by atoms with Gasteiger partial charge in [-0.2, -0.15) is 5.10 Å². The second-order valence-corrected chi connectivity index (χ2v) is 5.50. The van der Waals surface area contributed by atoms with Gasteiger partial charge in [0.05, 0.1) is 5.71 Å². The van der Waals surface area contributed by atoms with Crippen molar-refractivity contribution in [3.8, 4) is 0 Å². The first kappa shape index (κ1) is 18.9. The number of rotatable bonds is 7. The van der Waals surface area contributed by atoms with Gasteiger partial charge in [0.15, 0.2) is 0 Å². The third-order valence-electron chi connectivity index (χ3n) is 3.91. The normalized spacial score (nSPS) is 14.2. The average Bonchev–Trinajstić information content (AvgIpc) is 2.57. The maximum Gasteiger partial charge on any atom is 0.0659 e. The molecule has 0 radical (unpaired) electrons. The van der Waals surface area contributed by atoms with Crippen molar-refractivity contribution in [2.75, 3.05) is 7.05 Å². The van der Waals surface area contributed by atoms with Gasteiger partial charge in [-0.25, -0.2) is 11.0 Å². The molecule has 0 aliphatic carbocycles. The molecular formula is C20H29N3. The maximum absolute atomic E-state index is 4.33. The Kier molecular flexibility index (Phi) is 8.06. The van der Waals surface area contributed by atoms with Crippen LogP contribution in [0.5, 0.6) is 0 Å². The predicted molar refractivity (Wildman–Crippen MR) is 102 cm³/mol. The van der Waals surface area contributed by atoms with Gasteiger partial charge in [-0.05, 0) is 56.4 Å². The number of hydrogen-bond donors (Lipinski definition) is 2. The molecule has 0 unspecified atom stereocenters. The summed E-state index contributed by atoms with van der Waals surface area (Å²) in [5, 5.41) is 4.33. The number of hydrogen-bond acceptors (Lipinski definition) is 3. The number of nitrogens with zero attached hydrogens (tertiary/aromatic N) is 1. The van der Waals surface area contributed by atoms with Crippen LogP contribution in [0.15, 0.2) is 58.7 Å². The summed E-state index contributed by atoms with van der Waals surface area (Å²) in [5.74, 6) is 0. The molecule has 0 aliphatic heterocycles. The van der Waals surface area contributed by atoms with Gasteiger partial charge in [0, 0.05) is 7.05 Å². The number of hydrazone groups is 1. The highest BCUT2D eigenvalue weighted by Crippen LogP contribution is 2.21. The number of allylic oxidation sites excluding steroid dienone is 6. The summed E-state index contributed by atoms with van der Waals surface area (Å²) in [6.07, 6.45) is 7.49. The van der Waals surface area contributed by atoms with E-state index in [1.807, 2.05) is 6.92 Å². The summed E-state index contributed by atoms with van der Waals surface area (Å²) < 4.78 is 0. The Morgan fingerprint density at radius 2 is 1.87 bits per heavy atom. The lowest BCUT2D eigenvalue weighted by Gasteiger charge is -2.10. The Balaban J connectivity index is 3.17. The lowest BCUT2D eigenvalue weighted by atomic mass is 9.97. The molecule has 0 fully saturated rings. The minimum Gasteiger partial charge on any atom is -0.243 e. The van der Waals surface area contributed by atoms with Crippen LogP contribution in [0.4, 0.5) is 0 Å². The number of hydrazine groups is 1. The topological polar surface area (TPSA) is 36.4 Å². The SMILES string of the molecule is C\C=C(/C=C\C(C(\C)=N\NNC)=C(\C)CC)c1ccccc1C. The molecule has 3 heteroatoms. The van der Waals surface area contributed by atoms with Crippen LogP contribution >= 0.6 is 0 Å². The number of benzene rings is 1. The monoisotopic (exact) mass is 311 g/mol. The molecule has 0 spiro atoms. The summed E-state index contributed by atoms with van der Waals surface area (Å²) in [6.45, 7) is 10.6. The Bertz CT molecular complexity index is 634. The molecule has 0 amide bonds. The van der Waals surface area contributed by atoms with Crippen molar-refractivity contribution in [2.45, 2.75) is 41.0 Å². The van der Waals surface area contributed by atoms with Crippen LogP contribution < -0.4 is 11.0 Å². The van der Waals surface area contributed by atoms with Crippen molar-refractivity contribution in [3.63, 3.8) is 0 Å². The van der Waals surface area contributed by atoms with Gasteiger partial charge in [0.25, 0.3) is 0 Å². The van der Waals surface area contributed by atoms with E-state index in [0.717, 1.165) is 12.1 Å². The lowest BCUT2D eigenvalue weighted by molar-refractivity contribution is 0.632. The highest BCUT2D eigenvalue weighted by atomic mass is 15.5. The zero-order valence-corrected chi connectivity index (χ0v) is 15.2. The molecule has 3 nitrogen and oxygen atoms in total. The lowest BCUT2D eigenvalue weighted by Crippen LogP contribution is -2.23. The second kappa shape index (κ2) is 9.80. The van der Waals surface area contributed by atoms with E-state index in [2.05, 4.69) is 86.3 Å². The van der Waals surface area contributed by atoms with Crippen molar-refractivity contribution in [3.05, 3.63) is 64.8 Å². The summed E-state index contributed by atoms with van der Waals surface area (Å²) >= 11 is 0. The van der Waals surface area contributed by atoms with E-state index in [1.165, 1.54) is 27.8 Å². The molecular weight excluding hydrogens is 282 g/mol. The van der Waals surface area contributed by atoms with Crippen molar-refractivity contribution in [1.29, 1.82) is 0 Å². The van der Waals surface area contributed by atoms with Crippen LogP contribution in [-0.4, -0.2) is 12.8 Å².